The average molecular weight is 270 g/mol. The molecule has 2 atom stereocenters. The van der Waals surface area contributed by atoms with Crippen molar-refractivity contribution >= 4 is 5.78 Å². The molecule has 112 valence electrons. The van der Waals surface area contributed by atoms with Crippen LogP contribution < -0.4 is 0 Å². The second-order valence-electron chi connectivity index (χ2n) is 5.59. The van der Waals surface area contributed by atoms with Gasteiger partial charge in [0.15, 0.2) is 0 Å². The molecule has 0 N–H and O–H groups in total. The van der Waals surface area contributed by atoms with E-state index in [0.29, 0.717) is 31.8 Å². The van der Waals surface area contributed by atoms with E-state index in [2.05, 4.69) is 13.8 Å². The molecule has 1 aliphatic heterocycles. The van der Waals surface area contributed by atoms with Crippen LogP contribution in [-0.4, -0.2) is 31.2 Å². The molecule has 3 nitrogen and oxygen atoms in total. The maximum atomic E-state index is 11.9. The van der Waals surface area contributed by atoms with E-state index in [9.17, 15) is 4.79 Å². The Hall–Kier alpha value is -0.410. The van der Waals surface area contributed by atoms with Crippen LogP contribution in [0.2, 0.25) is 0 Å². The summed E-state index contributed by atoms with van der Waals surface area (Å²) in [5, 5.41) is 0. The summed E-state index contributed by atoms with van der Waals surface area (Å²) in [5.74, 6) is 0.334. The fourth-order valence-corrected chi connectivity index (χ4v) is 2.46. The highest BCUT2D eigenvalue weighted by atomic mass is 16.6. The zero-order valence-corrected chi connectivity index (χ0v) is 12.7. The lowest BCUT2D eigenvalue weighted by Gasteiger charge is -2.29. The fraction of sp³-hybridized carbons (Fsp3) is 0.938. The van der Waals surface area contributed by atoms with Crippen molar-refractivity contribution in [3.8, 4) is 0 Å². The first-order chi connectivity index (χ1) is 9.26. The van der Waals surface area contributed by atoms with Gasteiger partial charge in [-0.3, -0.25) is 4.79 Å². The lowest BCUT2D eigenvalue weighted by atomic mass is 10.0. The molecule has 0 saturated carbocycles. The van der Waals surface area contributed by atoms with Crippen LogP contribution in [0.25, 0.3) is 0 Å². The Bertz CT molecular complexity index is 240. The summed E-state index contributed by atoms with van der Waals surface area (Å²) in [5.41, 5.74) is 0. The number of hydrogen-bond donors (Lipinski definition) is 0. The van der Waals surface area contributed by atoms with E-state index in [4.69, 9.17) is 9.47 Å². The summed E-state index contributed by atoms with van der Waals surface area (Å²) in [6.45, 7) is 5.57. The summed E-state index contributed by atoms with van der Waals surface area (Å²) in [7, 11) is 0. The van der Waals surface area contributed by atoms with E-state index in [-0.39, 0.29) is 12.2 Å². The molecule has 0 aromatic carbocycles. The van der Waals surface area contributed by atoms with Crippen molar-refractivity contribution in [2.24, 2.45) is 0 Å². The van der Waals surface area contributed by atoms with E-state index in [1.54, 1.807) is 0 Å². The molecule has 1 rings (SSSR count). The molecule has 0 amide bonds. The summed E-state index contributed by atoms with van der Waals surface area (Å²) in [6.07, 6.45) is 9.77. The summed E-state index contributed by atoms with van der Waals surface area (Å²) >= 11 is 0. The largest absolute Gasteiger partial charge is 0.376 e. The van der Waals surface area contributed by atoms with Gasteiger partial charge in [0.05, 0.1) is 25.4 Å². The van der Waals surface area contributed by atoms with Gasteiger partial charge in [-0.05, 0) is 12.8 Å². The van der Waals surface area contributed by atoms with Crippen molar-refractivity contribution < 1.29 is 14.3 Å². The molecule has 0 aromatic heterocycles. The van der Waals surface area contributed by atoms with Gasteiger partial charge in [-0.2, -0.15) is 0 Å². The van der Waals surface area contributed by atoms with Crippen LogP contribution in [0, 0.1) is 0 Å². The molecule has 0 bridgehead atoms. The Labute approximate surface area is 118 Å². The van der Waals surface area contributed by atoms with Crippen molar-refractivity contribution in [1.82, 2.24) is 0 Å². The first kappa shape index (κ1) is 16.6. The molecule has 1 fully saturated rings. The normalized spacial score (nSPS) is 23.5. The van der Waals surface area contributed by atoms with E-state index in [1.165, 1.54) is 32.1 Å². The third-order valence-corrected chi connectivity index (χ3v) is 3.71. The van der Waals surface area contributed by atoms with Crippen molar-refractivity contribution in [3.05, 3.63) is 0 Å². The zero-order valence-electron chi connectivity index (χ0n) is 12.7. The topological polar surface area (TPSA) is 35.5 Å². The van der Waals surface area contributed by atoms with Crippen LogP contribution in [-0.2, 0) is 14.3 Å². The molecule has 1 saturated heterocycles. The first-order valence-electron chi connectivity index (χ1n) is 8.01. The standard InChI is InChI=1S/C16H30O3/c1-3-5-6-7-8-9-10-14(17)11-16-13-18-12-15(4-2)19-16/h15-16H,3-13H2,1-2H3. The number of ether oxygens (including phenoxy) is 2. The number of Topliss-reactive ketones (excluding diaryl/α,β-unsaturated/α-hetero) is 1. The molecule has 19 heavy (non-hydrogen) atoms. The SMILES string of the molecule is CCCCCCCCC(=O)CC1COCC(CC)O1. The number of unbranched alkanes of at least 4 members (excludes halogenated alkanes) is 5. The van der Waals surface area contributed by atoms with Crippen LogP contribution in [0.1, 0.15) is 71.6 Å². The molecule has 1 aliphatic rings. The predicted octanol–water partition coefficient (Wildman–Crippen LogP) is 3.89. The second-order valence-corrected chi connectivity index (χ2v) is 5.59. The lowest BCUT2D eigenvalue weighted by molar-refractivity contribution is -0.149. The highest BCUT2D eigenvalue weighted by molar-refractivity contribution is 5.78. The van der Waals surface area contributed by atoms with Gasteiger partial charge in [-0.25, -0.2) is 0 Å². The number of ketones is 1. The average Bonchev–Trinajstić information content (AvgIpc) is 2.43. The fourth-order valence-electron chi connectivity index (χ4n) is 2.46. The summed E-state index contributed by atoms with van der Waals surface area (Å²) < 4.78 is 11.3. The minimum absolute atomic E-state index is 0.00806. The van der Waals surface area contributed by atoms with Gasteiger partial charge in [0.2, 0.25) is 0 Å². The maximum absolute atomic E-state index is 11.9. The molecule has 1 heterocycles. The Kier molecular flexibility index (Phi) is 9.10. The van der Waals surface area contributed by atoms with Gasteiger partial charge < -0.3 is 9.47 Å². The molecule has 0 radical (unpaired) electrons. The highest BCUT2D eigenvalue weighted by Gasteiger charge is 2.23. The van der Waals surface area contributed by atoms with E-state index in [1.807, 2.05) is 0 Å². The summed E-state index contributed by atoms with van der Waals surface area (Å²) in [6, 6.07) is 0. The Morgan fingerprint density at radius 3 is 2.42 bits per heavy atom. The molecule has 0 aliphatic carbocycles. The van der Waals surface area contributed by atoms with E-state index < -0.39 is 0 Å². The van der Waals surface area contributed by atoms with Crippen molar-refractivity contribution in [3.63, 3.8) is 0 Å². The minimum atomic E-state index is -0.00806. The quantitative estimate of drug-likeness (QED) is 0.565. The number of carbonyl (C=O) groups excluding carboxylic acids is 1. The van der Waals surface area contributed by atoms with Crippen LogP contribution >= 0.6 is 0 Å². The third kappa shape index (κ3) is 7.68. The van der Waals surface area contributed by atoms with Gasteiger partial charge in [0.25, 0.3) is 0 Å². The van der Waals surface area contributed by atoms with Crippen LogP contribution in [0.4, 0.5) is 0 Å². The first-order valence-corrected chi connectivity index (χ1v) is 8.01. The Morgan fingerprint density at radius 2 is 1.68 bits per heavy atom. The lowest BCUT2D eigenvalue weighted by Crippen LogP contribution is -2.37. The molecule has 0 spiro atoms. The van der Waals surface area contributed by atoms with Crippen LogP contribution in [0.3, 0.4) is 0 Å². The molecule has 3 heteroatoms. The molecular weight excluding hydrogens is 240 g/mol. The van der Waals surface area contributed by atoms with Gasteiger partial charge in [0, 0.05) is 12.8 Å². The smallest absolute Gasteiger partial charge is 0.135 e. The van der Waals surface area contributed by atoms with Gasteiger partial charge in [0.1, 0.15) is 5.78 Å². The third-order valence-electron chi connectivity index (χ3n) is 3.71. The van der Waals surface area contributed by atoms with E-state index >= 15 is 0 Å². The Balaban J connectivity index is 2.03. The molecule has 2 unspecified atom stereocenters. The second kappa shape index (κ2) is 10.4. The van der Waals surface area contributed by atoms with Crippen LogP contribution in [0.5, 0.6) is 0 Å². The monoisotopic (exact) mass is 270 g/mol. The van der Waals surface area contributed by atoms with Gasteiger partial charge >= 0.3 is 0 Å². The highest BCUT2D eigenvalue weighted by Crippen LogP contribution is 2.15. The van der Waals surface area contributed by atoms with Gasteiger partial charge in [-0.1, -0.05) is 46.0 Å². The van der Waals surface area contributed by atoms with Crippen molar-refractivity contribution in [2.45, 2.75) is 83.8 Å². The van der Waals surface area contributed by atoms with Crippen molar-refractivity contribution in [1.29, 1.82) is 0 Å². The van der Waals surface area contributed by atoms with Gasteiger partial charge in [-0.15, -0.1) is 0 Å². The maximum Gasteiger partial charge on any atom is 0.135 e. The number of carbonyl (C=O) groups is 1. The summed E-state index contributed by atoms with van der Waals surface area (Å²) in [4.78, 5) is 11.9. The molecule has 0 aromatic rings. The van der Waals surface area contributed by atoms with E-state index in [0.717, 1.165) is 12.8 Å². The minimum Gasteiger partial charge on any atom is -0.376 e. The number of hydrogen-bond acceptors (Lipinski definition) is 3. The zero-order chi connectivity index (χ0) is 13.9. The predicted molar refractivity (Wildman–Crippen MR) is 77.4 cm³/mol. The van der Waals surface area contributed by atoms with Crippen LogP contribution in [0.15, 0.2) is 0 Å². The molecular formula is C16H30O3. The Morgan fingerprint density at radius 1 is 1.00 bits per heavy atom. The number of rotatable bonds is 10. The van der Waals surface area contributed by atoms with Crippen molar-refractivity contribution in [2.75, 3.05) is 13.2 Å².